The summed E-state index contributed by atoms with van der Waals surface area (Å²) < 4.78 is 37.1. The van der Waals surface area contributed by atoms with Gasteiger partial charge >= 0.3 is 12.1 Å². The van der Waals surface area contributed by atoms with Crippen LogP contribution < -0.4 is 10.5 Å². The average Bonchev–Trinajstić information content (AvgIpc) is 2.79. The molecule has 1 unspecified atom stereocenters. The molecule has 1 aliphatic rings. The quantitative estimate of drug-likeness (QED) is 0.569. The maximum absolute atomic E-state index is 10.6. The average molecular weight is 456 g/mol. The Morgan fingerprint density at radius 1 is 1.03 bits per heavy atom. The Kier molecular flexibility index (Phi) is 6.76. The van der Waals surface area contributed by atoms with E-state index in [1.807, 2.05) is 24.3 Å². The van der Waals surface area contributed by atoms with E-state index < -0.39 is 12.1 Å². The van der Waals surface area contributed by atoms with Gasteiger partial charge in [0.1, 0.15) is 11.6 Å². The van der Waals surface area contributed by atoms with Crippen molar-refractivity contribution in [3.05, 3.63) is 89.5 Å². The summed E-state index contributed by atoms with van der Waals surface area (Å²) in [6.07, 6.45) is -4.24. The zero-order chi connectivity index (χ0) is 24.2. The molecule has 3 aromatic carbocycles. The van der Waals surface area contributed by atoms with Gasteiger partial charge in [-0.05, 0) is 47.4 Å². The van der Waals surface area contributed by atoms with E-state index in [1.165, 1.54) is 5.56 Å². The standard InChI is InChI=1S/C23H22N2O.C2HF3O2/c1-23(15-18-7-3-4-12-21(18)22(24)25-23)19-10-5-8-16(13-19)17-9-6-11-20(14-17)26-2;3-2(4,5)1(6)7/h3-14H,15H2,1-2H3,(H2,24,25);(H,6,7). The lowest BCUT2D eigenvalue weighted by atomic mass is 9.81. The van der Waals surface area contributed by atoms with Crippen molar-refractivity contribution >= 4 is 11.8 Å². The van der Waals surface area contributed by atoms with Crippen LogP contribution in [0.25, 0.3) is 11.1 Å². The maximum Gasteiger partial charge on any atom is 0.490 e. The van der Waals surface area contributed by atoms with Crippen LogP contribution in [0, 0.1) is 0 Å². The number of alkyl halides is 3. The summed E-state index contributed by atoms with van der Waals surface area (Å²) >= 11 is 0. The Bertz CT molecular complexity index is 1190. The van der Waals surface area contributed by atoms with Gasteiger partial charge in [-0.15, -0.1) is 0 Å². The first kappa shape index (κ1) is 23.8. The Morgan fingerprint density at radius 3 is 2.27 bits per heavy atom. The molecule has 8 heteroatoms. The number of nitrogens with two attached hydrogens (primary N) is 1. The van der Waals surface area contributed by atoms with Crippen molar-refractivity contribution in [1.82, 2.24) is 0 Å². The molecule has 5 nitrogen and oxygen atoms in total. The fraction of sp³-hybridized carbons (Fsp3) is 0.200. The number of hydrogen-bond acceptors (Lipinski definition) is 4. The van der Waals surface area contributed by atoms with Crippen LogP contribution in [0.4, 0.5) is 13.2 Å². The highest BCUT2D eigenvalue weighted by molar-refractivity contribution is 6.00. The van der Waals surface area contributed by atoms with Crippen LogP contribution in [0.15, 0.2) is 77.8 Å². The number of carboxylic acids is 1. The molecular formula is C25H23F3N2O3. The van der Waals surface area contributed by atoms with Gasteiger partial charge in [0.15, 0.2) is 0 Å². The fourth-order valence-electron chi connectivity index (χ4n) is 3.66. The maximum atomic E-state index is 10.6. The SMILES string of the molecule is COc1cccc(-c2cccc(C3(C)Cc4ccccc4C(N)=N3)c2)c1.O=C(O)C(F)(F)F. The minimum Gasteiger partial charge on any atom is -0.497 e. The van der Waals surface area contributed by atoms with Gasteiger partial charge in [0.05, 0.1) is 12.6 Å². The lowest BCUT2D eigenvalue weighted by Crippen LogP contribution is -2.33. The number of halogens is 3. The number of rotatable bonds is 3. The number of carboxylic acid groups (broad SMARTS) is 1. The first-order chi connectivity index (χ1) is 15.5. The number of aliphatic imine (C=N–C) groups is 1. The second-order valence-electron chi connectivity index (χ2n) is 7.72. The highest BCUT2D eigenvalue weighted by Crippen LogP contribution is 2.36. The van der Waals surface area contributed by atoms with Gasteiger partial charge in [0.2, 0.25) is 0 Å². The molecule has 1 atom stereocenters. The zero-order valence-corrected chi connectivity index (χ0v) is 18.1. The van der Waals surface area contributed by atoms with Crippen LogP contribution in [0.5, 0.6) is 5.75 Å². The summed E-state index contributed by atoms with van der Waals surface area (Å²) in [6.45, 7) is 2.15. The second kappa shape index (κ2) is 9.36. The van der Waals surface area contributed by atoms with Crippen molar-refractivity contribution in [2.75, 3.05) is 7.11 Å². The molecule has 3 N–H and O–H groups in total. The normalized spacial score (nSPS) is 17.2. The van der Waals surface area contributed by atoms with E-state index >= 15 is 0 Å². The Hall–Kier alpha value is -3.81. The van der Waals surface area contributed by atoms with Gasteiger partial charge in [-0.1, -0.05) is 54.6 Å². The summed E-state index contributed by atoms with van der Waals surface area (Å²) in [6, 6.07) is 24.9. The van der Waals surface area contributed by atoms with Gasteiger partial charge in [0, 0.05) is 12.0 Å². The van der Waals surface area contributed by atoms with E-state index in [0.29, 0.717) is 5.84 Å². The highest BCUT2D eigenvalue weighted by Gasteiger charge is 2.38. The molecule has 4 rings (SSSR count). The molecule has 33 heavy (non-hydrogen) atoms. The summed E-state index contributed by atoms with van der Waals surface area (Å²) in [4.78, 5) is 13.8. The molecule has 0 amide bonds. The summed E-state index contributed by atoms with van der Waals surface area (Å²) in [7, 11) is 1.69. The largest absolute Gasteiger partial charge is 0.497 e. The predicted octanol–water partition coefficient (Wildman–Crippen LogP) is 5.17. The molecule has 0 bridgehead atoms. The van der Waals surface area contributed by atoms with Crippen LogP contribution >= 0.6 is 0 Å². The Morgan fingerprint density at radius 2 is 1.64 bits per heavy atom. The molecule has 0 spiro atoms. The minimum absolute atomic E-state index is 0.368. The number of ether oxygens (including phenoxy) is 1. The van der Waals surface area contributed by atoms with Crippen LogP contribution in [0.2, 0.25) is 0 Å². The van der Waals surface area contributed by atoms with Crippen molar-refractivity contribution in [2.45, 2.75) is 25.1 Å². The van der Waals surface area contributed by atoms with Crippen LogP contribution in [-0.4, -0.2) is 30.2 Å². The summed E-state index contributed by atoms with van der Waals surface area (Å²) in [5.41, 5.74) is 11.6. The van der Waals surface area contributed by atoms with Gasteiger partial charge in [-0.2, -0.15) is 13.2 Å². The first-order valence-corrected chi connectivity index (χ1v) is 10.0. The second-order valence-corrected chi connectivity index (χ2v) is 7.72. The topological polar surface area (TPSA) is 84.9 Å². The molecule has 172 valence electrons. The third-order valence-electron chi connectivity index (χ3n) is 5.33. The molecule has 0 aromatic heterocycles. The van der Waals surface area contributed by atoms with E-state index in [4.69, 9.17) is 25.4 Å². The van der Waals surface area contributed by atoms with Crippen molar-refractivity contribution in [3.8, 4) is 16.9 Å². The van der Waals surface area contributed by atoms with Crippen LogP contribution in [0.3, 0.4) is 0 Å². The number of hydrogen-bond donors (Lipinski definition) is 2. The molecule has 0 radical (unpaired) electrons. The molecule has 0 saturated carbocycles. The number of aliphatic carboxylic acids is 1. The number of carbonyl (C=O) groups is 1. The molecule has 0 aliphatic carbocycles. The van der Waals surface area contributed by atoms with Gasteiger partial charge < -0.3 is 15.6 Å². The molecule has 0 fully saturated rings. The first-order valence-electron chi connectivity index (χ1n) is 10.0. The van der Waals surface area contributed by atoms with E-state index in [-0.39, 0.29) is 5.54 Å². The van der Waals surface area contributed by atoms with Crippen LogP contribution in [-0.2, 0) is 16.8 Å². The number of nitrogens with zero attached hydrogens (tertiary/aromatic N) is 1. The molecule has 1 aliphatic heterocycles. The number of benzene rings is 3. The highest BCUT2D eigenvalue weighted by atomic mass is 19.4. The van der Waals surface area contributed by atoms with Gasteiger partial charge in [-0.25, -0.2) is 4.79 Å². The summed E-state index contributed by atoms with van der Waals surface area (Å²) in [5, 5.41) is 7.12. The zero-order valence-electron chi connectivity index (χ0n) is 18.1. The number of amidine groups is 1. The number of fused-ring (bicyclic) bond motifs is 1. The third-order valence-corrected chi connectivity index (χ3v) is 5.33. The monoisotopic (exact) mass is 456 g/mol. The molecular weight excluding hydrogens is 433 g/mol. The van der Waals surface area contributed by atoms with E-state index in [1.54, 1.807) is 7.11 Å². The third kappa shape index (κ3) is 5.52. The van der Waals surface area contributed by atoms with E-state index in [9.17, 15) is 13.2 Å². The fourth-order valence-corrected chi connectivity index (χ4v) is 3.66. The molecule has 0 saturated heterocycles. The molecule has 1 heterocycles. The van der Waals surface area contributed by atoms with Crippen molar-refractivity contribution in [1.29, 1.82) is 0 Å². The molecule has 3 aromatic rings. The predicted molar refractivity (Wildman–Crippen MR) is 120 cm³/mol. The smallest absolute Gasteiger partial charge is 0.490 e. The number of methoxy groups -OCH3 is 1. The van der Waals surface area contributed by atoms with Crippen LogP contribution in [0.1, 0.15) is 23.6 Å². The van der Waals surface area contributed by atoms with E-state index in [2.05, 4.69) is 55.5 Å². The van der Waals surface area contributed by atoms with Crippen molar-refractivity contribution in [2.24, 2.45) is 10.7 Å². The lowest BCUT2D eigenvalue weighted by Gasteiger charge is -2.32. The van der Waals surface area contributed by atoms with Gasteiger partial charge in [0.25, 0.3) is 0 Å². The van der Waals surface area contributed by atoms with Crippen molar-refractivity contribution < 1.29 is 27.8 Å². The Labute approximate surface area is 189 Å². The lowest BCUT2D eigenvalue weighted by molar-refractivity contribution is -0.192. The van der Waals surface area contributed by atoms with E-state index in [0.717, 1.165) is 34.4 Å². The van der Waals surface area contributed by atoms with Crippen molar-refractivity contribution in [3.63, 3.8) is 0 Å². The Balaban J connectivity index is 0.000000383. The minimum atomic E-state index is -5.08. The summed E-state index contributed by atoms with van der Waals surface area (Å²) in [5.74, 6) is -1.29. The van der Waals surface area contributed by atoms with Gasteiger partial charge in [-0.3, -0.25) is 4.99 Å².